The van der Waals surface area contributed by atoms with Gasteiger partial charge in [0.2, 0.25) is 0 Å². The van der Waals surface area contributed by atoms with Crippen molar-refractivity contribution in [2.75, 3.05) is 0 Å². The maximum absolute atomic E-state index is 5.81. The number of hydrogen-bond donors (Lipinski definition) is 0. The van der Waals surface area contributed by atoms with E-state index >= 15 is 0 Å². The topological polar surface area (TPSA) is 30.7 Å². The number of halogens is 2. The lowest BCUT2D eigenvalue weighted by Crippen LogP contribution is -2.01. The number of pyridine rings is 1. The Balaban J connectivity index is 2.50. The average molecular weight is 320 g/mol. The Kier molecular flexibility index (Phi) is 3.02. The van der Waals surface area contributed by atoms with Crippen LogP contribution in [0.1, 0.15) is 5.56 Å². The largest absolute Gasteiger partial charge is 0.237 e. The van der Waals surface area contributed by atoms with Gasteiger partial charge in [-0.25, -0.2) is 9.67 Å². The molecule has 2 aromatic rings. The number of alkyl halides is 1. The molecule has 0 unspecified atom stereocenters. The molecule has 5 heteroatoms. The van der Waals surface area contributed by atoms with E-state index in [1.807, 2.05) is 18.3 Å². The molecule has 2 rings (SSSR count). The summed E-state index contributed by atoms with van der Waals surface area (Å²) in [4.78, 5) is 4.25. The van der Waals surface area contributed by atoms with Crippen molar-refractivity contribution in [3.05, 3.63) is 39.9 Å². The molecular formula is C9H7ClIN3. The van der Waals surface area contributed by atoms with Gasteiger partial charge < -0.3 is 0 Å². The van der Waals surface area contributed by atoms with Crippen LogP contribution in [-0.2, 0) is 5.88 Å². The van der Waals surface area contributed by atoms with Crippen LogP contribution in [0.5, 0.6) is 0 Å². The molecule has 0 aliphatic carbocycles. The van der Waals surface area contributed by atoms with E-state index in [1.54, 1.807) is 17.1 Å². The predicted octanol–water partition coefficient (Wildman–Crippen LogP) is 2.61. The molecule has 0 atom stereocenters. The van der Waals surface area contributed by atoms with Gasteiger partial charge >= 0.3 is 0 Å². The Hall–Kier alpha value is -0.620. The molecule has 0 radical (unpaired) electrons. The molecule has 0 spiro atoms. The highest BCUT2D eigenvalue weighted by molar-refractivity contribution is 14.1. The van der Waals surface area contributed by atoms with Crippen molar-refractivity contribution in [1.29, 1.82) is 0 Å². The molecule has 0 amide bonds. The van der Waals surface area contributed by atoms with Gasteiger partial charge in [-0.1, -0.05) is 6.07 Å². The molecule has 72 valence electrons. The molecule has 0 aliphatic heterocycles. The molecule has 0 bridgehead atoms. The van der Waals surface area contributed by atoms with E-state index < -0.39 is 0 Å². The standard InChI is InChI=1S/C9H7ClIN3/c10-4-7-2-1-3-12-9(7)14-6-8(11)5-13-14/h1-3,5-6H,4H2. The molecule has 0 N–H and O–H groups in total. The minimum Gasteiger partial charge on any atom is -0.237 e. The Morgan fingerprint density at radius 3 is 3.00 bits per heavy atom. The second-order valence-corrected chi connectivity index (χ2v) is 4.24. The molecule has 0 aliphatic rings. The molecule has 2 heterocycles. The van der Waals surface area contributed by atoms with E-state index in [-0.39, 0.29) is 0 Å². The molecule has 14 heavy (non-hydrogen) atoms. The fourth-order valence-corrected chi connectivity index (χ4v) is 1.75. The lowest BCUT2D eigenvalue weighted by molar-refractivity contribution is 0.836. The van der Waals surface area contributed by atoms with Gasteiger partial charge in [0.15, 0.2) is 5.82 Å². The molecule has 0 saturated carbocycles. The third-order valence-electron chi connectivity index (χ3n) is 1.78. The van der Waals surface area contributed by atoms with Crippen LogP contribution in [0.15, 0.2) is 30.7 Å². The molecule has 3 nitrogen and oxygen atoms in total. The van der Waals surface area contributed by atoms with Crippen molar-refractivity contribution in [3.63, 3.8) is 0 Å². The molecule has 0 saturated heterocycles. The van der Waals surface area contributed by atoms with Crippen LogP contribution < -0.4 is 0 Å². The Bertz CT molecular complexity index is 441. The van der Waals surface area contributed by atoms with Crippen LogP contribution >= 0.6 is 34.2 Å². The molecular weight excluding hydrogens is 312 g/mol. The van der Waals surface area contributed by atoms with Crippen molar-refractivity contribution in [2.45, 2.75) is 5.88 Å². The van der Waals surface area contributed by atoms with Crippen LogP contribution in [0.4, 0.5) is 0 Å². The van der Waals surface area contributed by atoms with E-state index in [1.165, 1.54) is 0 Å². The van der Waals surface area contributed by atoms with Gasteiger partial charge in [-0.15, -0.1) is 11.6 Å². The van der Waals surface area contributed by atoms with Gasteiger partial charge in [0.25, 0.3) is 0 Å². The van der Waals surface area contributed by atoms with Crippen molar-refractivity contribution < 1.29 is 0 Å². The van der Waals surface area contributed by atoms with Crippen molar-refractivity contribution >= 4 is 34.2 Å². The summed E-state index contributed by atoms with van der Waals surface area (Å²) >= 11 is 8.01. The lowest BCUT2D eigenvalue weighted by Gasteiger charge is -2.04. The zero-order valence-electron chi connectivity index (χ0n) is 7.19. The van der Waals surface area contributed by atoms with Gasteiger partial charge in [0.1, 0.15) is 0 Å². The van der Waals surface area contributed by atoms with Crippen LogP contribution in [0.3, 0.4) is 0 Å². The molecule has 0 fully saturated rings. The number of hydrogen-bond acceptors (Lipinski definition) is 2. The Labute approximate surface area is 100 Å². The number of aromatic nitrogens is 3. The van der Waals surface area contributed by atoms with Gasteiger partial charge in [-0.2, -0.15) is 5.10 Å². The van der Waals surface area contributed by atoms with Gasteiger partial charge in [0, 0.05) is 18.0 Å². The minimum absolute atomic E-state index is 0.444. The van der Waals surface area contributed by atoms with Gasteiger partial charge in [-0.3, -0.25) is 0 Å². The van der Waals surface area contributed by atoms with E-state index in [9.17, 15) is 0 Å². The predicted molar refractivity (Wildman–Crippen MR) is 63.6 cm³/mol. The van der Waals surface area contributed by atoms with Crippen LogP contribution in [0.25, 0.3) is 5.82 Å². The minimum atomic E-state index is 0.444. The van der Waals surface area contributed by atoms with E-state index in [0.29, 0.717) is 5.88 Å². The SMILES string of the molecule is ClCc1cccnc1-n1cc(I)cn1. The highest BCUT2D eigenvalue weighted by Crippen LogP contribution is 2.14. The summed E-state index contributed by atoms with van der Waals surface area (Å²) < 4.78 is 2.81. The third kappa shape index (κ3) is 1.90. The maximum Gasteiger partial charge on any atom is 0.157 e. The average Bonchev–Trinajstić information content (AvgIpc) is 2.65. The third-order valence-corrected chi connectivity index (χ3v) is 2.62. The fraction of sp³-hybridized carbons (Fsp3) is 0.111. The lowest BCUT2D eigenvalue weighted by atomic mass is 10.3. The first kappa shape index (κ1) is 9.92. The number of nitrogens with zero attached hydrogens (tertiary/aromatic N) is 3. The highest BCUT2D eigenvalue weighted by atomic mass is 127. The van der Waals surface area contributed by atoms with Crippen LogP contribution in [0.2, 0.25) is 0 Å². The monoisotopic (exact) mass is 319 g/mol. The summed E-state index contributed by atoms with van der Waals surface area (Å²) in [7, 11) is 0. The van der Waals surface area contributed by atoms with Crippen molar-refractivity contribution in [2.24, 2.45) is 0 Å². The Morgan fingerprint density at radius 1 is 1.50 bits per heavy atom. The summed E-state index contributed by atoms with van der Waals surface area (Å²) in [5.74, 6) is 1.24. The van der Waals surface area contributed by atoms with Crippen LogP contribution in [-0.4, -0.2) is 14.8 Å². The summed E-state index contributed by atoms with van der Waals surface area (Å²) in [6.45, 7) is 0. The summed E-state index contributed by atoms with van der Waals surface area (Å²) in [5, 5.41) is 4.18. The zero-order chi connectivity index (χ0) is 9.97. The second kappa shape index (κ2) is 4.27. The first-order valence-corrected chi connectivity index (χ1v) is 5.63. The normalized spacial score (nSPS) is 10.4. The summed E-state index contributed by atoms with van der Waals surface area (Å²) in [6.07, 6.45) is 5.44. The maximum atomic E-state index is 5.81. The summed E-state index contributed by atoms with van der Waals surface area (Å²) in [6, 6.07) is 3.82. The highest BCUT2D eigenvalue weighted by Gasteiger charge is 2.05. The van der Waals surface area contributed by atoms with E-state index in [2.05, 4.69) is 32.7 Å². The smallest absolute Gasteiger partial charge is 0.157 e. The van der Waals surface area contributed by atoms with Gasteiger partial charge in [-0.05, 0) is 28.7 Å². The van der Waals surface area contributed by atoms with Gasteiger partial charge in [0.05, 0.1) is 15.6 Å². The summed E-state index contributed by atoms with van der Waals surface area (Å²) in [5.41, 5.74) is 0.980. The van der Waals surface area contributed by atoms with Crippen molar-refractivity contribution in [1.82, 2.24) is 14.8 Å². The fourth-order valence-electron chi connectivity index (χ4n) is 1.16. The zero-order valence-corrected chi connectivity index (χ0v) is 10.1. The molecule has 2 aromatic heterocycles. The first-order chi connectivity index (χ1) is 6.81. The van der Waals surface area contributed by atoms with Crippen LogP contribution in [0, 0.1) is 3.57 Å². The molecule has 0 aromatic carbocycles. The second-order valence-electron chi connectivity index (χ2n) is 2.72. The van der Waals surface area contributed by atoms with E-state index in [4.69, 9.17) is 11.6 Å². The number of rotatable bonds is 2. The van der Waals surface area contributed by atoms with Crippen molar-refractivity contribution in [3.8, 4) is 5.82 Å². The first-order valence-electron chi connectivity index (χ1n) is 4.01. The quantitative estimate of drug-likeness (QED) is 0.629. The Morgan fingerprint density at radius 2 is 2.36 bits per heavy atom. The van der Waals surface area contributed by atoms with E-state index in [0.717, 1.165) is 15.0 Å².